The minimum absolute atomic E-state index is 0.0729. The number of carbonyl (C=O) groups is 2. The molecule has 1 heterocycles. The largest absolute Gasteiger partial charge is 0.479 e. The van der Waals surface area contributed by atoms with E-state index in [1.54, 1.807) is 6.07 Å². The van der Waals surface area contributed by atoms with Crippen molar-refractivity contribution in [3.63, 3.8) is 0 Å². The zero-order valence-corrected chi connectivity index (χ0v) is 20.3. The normalized spacial score (nSPS) is 13.3. The Morgan fingerprint density at radius 1 is 1.12 bits per heavy atom. The molecule has 0 aliphatic heterocycles. The molecular weight excluding hydrogens is 490 g/mol. The highest BCUT2D eigenvalue weighted by molar-refractivity contribution is 9.10. The molecule has 0 radical (unpaired) electrons. The van der Waals surface area contributed by atoms with E-state index in [2.05, 4.69) is 40.2 Å². The molecule has 1 aliphatic carbocycles. The van der Waals surface area contributed by atoms with E-state index in [0.29, 0.717) is 17.8 Å². The third-order valence-corrected chi connectivity index (χ3v) is 7.92. The van der Waals surface area contributed by atoms with Crippen LogP contribution in [0.4, 0.5) is 4.79 Å². The molecule has 7 heteroatoms. The maximum absolute atomic E-state index is 13.2. The van der Waals surface area contributed by atoms with Crippen LogP contribution in [0.5, 0.6) is 0 Å². The van der Waals surface area contributed by atoms with Crippen molar-refractivity contribution in [1.29, 1.82) is 0 Å². The molecule has 1 N–H and O–H groups in total. The van der Waals surface area contributed by atoms with E-state index in [9.17, 15) is 14.7 Å². The number of carboxylic acids is 1. The number of thiophene rings is 1. The highest BCUT2D eigenvalue weighted by atomic mass is 79.9. The summed E-state index contributed by atoms with van der Waals surface area (Å²) in [7, 11) is 0. The number of ether oxygens (including phenoxy) is 1. The molecule has 0 spiro atoms. The van der Waals surface area contributed by atoms with Gasteiger partial charge in [-0.2, -0.15) is 0 Å². The van der Waals surface area contributed by atoms with E-state index in [0.717, 1.165) is 31.6 Å². The maximum atomic E-state index is 13.2. The quantitative estimate of drug-likeness (QED) is 0.386. The van der Waals surface area contributed by atoms with Gasteiger partial charge in [-0.05, 0) is 57.6 Å². The SMILES string of the molecule is CCCN(C(=O)OCC1c2ccccc2-c2ccccc21)C(C(=O)O)c1cc(Br)c(C)s1. The van der Waals surface area contributed by atoms with Gasteiger partial charge in [-0.1, -0.05) is 55.5 Å². The van der Waals surface area contributed by atoms with Crippen LogP contribution in [0.2, 0.25) is 0 Å². The fraction of sp³-hybridized carbons (Fsp3) is 0.280. The van der Waals surface area contributed by atoms with Gasteiger partial charge in [0.1, 0.15) is 6.61 Å². The molecule has 1 aliphatic rings. The number of carboxylic acid groups (broad SMARTS) is 1. The molecule has 166 valence electrons. The first-order valence-electron chi connectivity index (χ1n) is 10.5. The van der Waals surface area contributed by atoms with Crippen molar-refractivity contribution >= 4 is 39.3 Å². The van der Waals surface area contributed by atoms with Crippen LogP contribution in [-0.4, -0.2) is 35.2 Å². The zero-order chi connectivity index (χ0) is 22.8. The van der Waals surface area contributed by atoms with Crippen molar-refractivity contribution in [3.05, 3.63) is 80.0 Å². The Bertz CT molecular complexity index is 1090. The molecule has 0 bridgehead atoms. The Morgan fingerprint density at radius 3 is 2.22 bits per heavy atom. The standard InChI is InChI=1S/C25H24BrNO4S/c1-3-12-27(23(24(28)29)22-13-21(26)15(2)32-22)25(30)31-14-20-18-10-6-4-8-16(18)17-9-5-7-11-19(17)20/h4-11,13,20,23H,3,12,14H2,1-2H3,(H,28,29). The fourth-order valence-corrected chi connectivity index (χ4v) is 5.94. The highest BCUT2D eigenvalue weighted by Gasteiger charge is 2.35. The van der Waals surface area contributed by atoms with Gasteiger partial charge in [0.2, 0.25) is 0 Å². The number of rotatable bonds is 7. The Morgan fingerprint density at radius 2 is 1.72 bits per heavy atom. The molecular formula is C25H24BrNO4S. The van der Waals surface area contributed by atoms with Crippen molar-refractivity contribution in [1.82, 2.24) is 4.90 Å². The Labute approximate surface area is 199 Å². The molecule has 0 fully saturated rings. The molecule has 0 saturated carbocycles. The minimum Gasteiger partial charge on any atom is -0.479 e. The number of hydrogen-bond acceptors (Lipinski definition) is 4. The van der Waals surface area contributed by atoms with Gasteiger partial charge >= 0.3 is 12.1 Å². The number of aryl methyl sites for hydroxylation is 1. The van der Waals surface area contributed by atoms with Crippen LogP contribution in [0.3, 0.4) is 0 Å². The van der Waals surface area contributed by atoms with Gasteiger partial charge in [-0.15, -0.1) is 11.3 Å². The number of halogens is 1. The third kappa shape index (κ3) is 4.19. The lowest BCUT2D eigenvalue weighted by molar-refractivity contribution is -0.143. The summed E-state index contributed by atoms with van der Waals surface area (Å²) < 4.78 is 6.60. The number of benzene rings is 2. The summed E-state index contributed by atoms with van der Waals surface area (Å²) in [4.78, 5) is 28.2. The number of nitrogens with zero attached hydrogens (tertiary/aromatic N) is 1. The van der Waals surface area contributed by atoms with Crippen LogP contribution < -0.4 is 0 Å². The predicted molar refractivity (Wildman–Crippen MR) is 129 cm³/mol. The van der Waals surface area contributed by atoms with Crippen molar-refractivity contribution in [2.75, 3.05) is 13.2 Å². The first kappa shape index (κ1) is 22.6. The van der Waals surface area contributed by atoms with E-state index in [4.69, 9.17) is 4.74 Å². The molecule has 32 heavy (non-hydrogen) atoms. The second-order valence-electron chi connectivity index (χ2n) is 7.79. The number of hydrogen-bond donors (Lipinski definition) is 1. The Balaban J connectivity index is 1.58. The second-order valence-corrected chi connectivity index (χ2v) is 9.93. The van der Waals surface area contributed by atoms with E-state index < -0.39 is 18.1 Å². The molecule has 4 rings (SSSR count). The van der Waals surface area contributed by atoms with Crippen LogP contribution in [0, 0.1) is 6.92 Å². The maximum Gasteiger partial charge on any atom is 0.410 e. The van der Waals surface area contributed by atoms with Gasteiger partial charge in [0, 0.05) is 26.7 Å². The van der Waals surface area contributed by atoms with E-state index in [1.165, 1.54) is 16.2 Å². The van der Waals surface area contributed by atoms with Gasteiger partial charge in [0.05, 0.1) is 0 Å². The topological polar surface area (TPSA) is 66.8 Å². The van der Waals surface area contributed by atoms with Gasteiger partial charge < -0.3 is 9.84 Å². The molecule has 1 atom stereocenters. The van der Waals surface area contributed by atoms with Crippen LogP contribution in [0.25, 0.3) is 11.1 Å². The molecule has 1 aromatic heterocycles. The molecule has 1 unspecified atom stereocenters. The summed E-state index contributed by atoms with van der Waals surface area (Å²) in [5, 5.41) is 9.95. The smallest absolute Gasteiger partial charge is 0.410 e. The van der Waals surface area contributed by atoms with E-state index in [-0.39, 0.29) is 12.5 Å². The summed E-state index contributed by atoms with van der Waals surface area (Å²) in [6, 6.07) is 17.0. The average molecular weight is 514 g/mol. The van der Waals surface area contributed by atoms with E-state index in [1.807, 2.05) is 38.1 Å². The third-order valence-electron chi connectivity index (χ3n) is 5.73. The average Bonchev–Trinajstić information content (AvgIpc) is 3.28. The lowest BCUT2D eigenvalue weighted by Crippen LogP contribution is -2.40. The fourth-order valence-electron chi connectivity index (χ4n) is 4.27. The van der Waals surface area contributed by atoms with Crippen molar-refractivity contribution in [3.8, 4) is 11.1 Å². The molecule has 3 aromatic rings. The van der Waals surface area contributed by atoms with Gasteiger partial charge in [-0.3, -0.25) is 4.90 Å². The van der Waals surface area contributed by atoms with E-state index >= 15 is 0 Å². The first-order chi connectivity index (χ1) is 15.4. The first-order valence-corrected chi connectivity index (χ1v) is 12.1. The van der Waals surface area contributed by atoms with Gasteiger partial charge in [0.25, 0.3) is 0 Å². The van der Waals surface area contributed by atoms with Crippen molar-refractivity contribution in [2.24, 2.45) is 0 Å². The number of fused-ring (bicyclic) bond motifs is 3. The minimum atomic E-state index is -1.08. The van der Waals surface area contributed by atoms with Crippen LogP contribution in [-0.2, 0) is 9.53 Å². The predicted octanol–water partition coefficient (Wildman–Crippen LogP) is 6.61. The second kappa shape index (κ2) is 9.46. The van der Waals surface area contributed by atoms with Gasteiger partial charge in [0.15, 0.2) is 6.04 Å². The molecule has 5 nitrogen and oxygen atoms in total. The van der Waals surface area contributed by atoms with Crippen LogP contribution in [0.1, 0.15) is 46.2 Å². The summed E-state index contributed by atoms with van der Waals surface area (Å²) >= 11 is 4.82. The summed E-state index contributed by atoms with van der Waals surface area (Å²) in [6.45, 7) is 4.28. The molecule has 0 saturated heterocycles. The molecule has 2 aromatic carbocycles. The lowest BCUT2D eigenvalue weighted by Gasteiger charge is -2.28. The summed E-state index contributed by atoms with van der Waals surface area (Å²) in [6.07, 6.45) is 0.0164. The number of carbonyl (C=O) groups excluding carboxylic acids is 1. The van der Waals surface area contributed by atoms with Crippen LogP contribution in [0.15, 0.2) is 59.1 Å². The lowest BCUT2D eigenvalue weighted by atomic mass is 9.98. The molecule has 1 amide bonds. The Kier molecular flexibility index (Phi) is 6.67. The summed E-state index contributed by atoms with van der Waals surface area (Å²) in [5.74, 6) is -1.14. The van der Waals surface area contributed by atoms with Crippen molar-refractivity contribution < 1.29 is 19.4 Å². The Hall–Kier alpha value is -2.64. The zero-order valence-electron chi connectivity index (χ0n) is 17.9. The van der Waals surface area contributed by atoms with Crippen LogP contribution >= 0.6 is 27.3 Å². The summed E-state index contributed by atoms with van der Waals surface area (Å²) in [5.41, 5.74) is 4.54. The van der Waals surface area contributed by atoms with Gasteiger partial charge in [-0.25, -0.2) is 9.59 Å². The number of aliphatic carboxylic acids is 1. The monoisotopic (exact) mass is 513 g/mol. The van der Waals surface area contributed by atoms with Crippen molar-refractivity contribution in [2.45, 2.75) is 32.2 Å². The number of amides is 1. The highest BCUT2D eigenvalue weighted by Crippen LogP contribution is 2.44.